The molecular weight excluding hydrogens is 266 g/mol. The molecular formula is C17H13NO3. The largest absolute Gasteiger partial charge is 0.493 e. The Kier molecular flexibility index (Phi) is 3.25. The molecule has 0 aliphatic carbocycles. The second-order valence-electron chi connectivity index (χ2n) is 4.51. The number of benzene rings is 2. The monoisotopic (exact) mass is 279 g/mol. The van der Waals surface area contributed by atoms with E-state index >= 15 is 0 Å². The fourth-order valence-electron chi connectivity index (χ4n) is 2.30. The third-order valence-corrected chi connectivity index (χ3v) is 3.33. The van der Waals surface area contributed by atoms with E-state index in [0.717, 1.165) is 11.1 Å². The molecule has 21 heavy (non-hydrogen) atoms. The minimum atomic E-state index is 0.552. The van der Waals surface area contributed by atoms with Crippen molar-refractivity contribution in [3.63, 3.8) is 0 Å². The average molecular weight is 279 g/mol. The highest BCUT2D eigenvalue weighted by molar-refractivity contribution is 5.94. The van der Waals surface area contributed by atoms with Crippen LogP contribution in [0.5, 0.6) is 23.0 Å². The summed E-state index contributed by atoms with van der Waals surface area (Å²) in [6.07, 6.45) is 1.79. The first-order valence-corrected chi connectivity index (χ1v) is 6.42. The van der Waals surface area contributed by atoms with E-state index in [1.807, 2.05) is 24.3 Å². The van der Waals surface area contributed by atoms with Gasteiger partial charge >= 0.3 is 0 Å². The van der Waals surface area contributed by atoms with Crippen molar-refractivity contribution in [1.82, 2.24) is 0 Å². The summed E-state index contributed by atoms with van der Waals surface area (Å²) in [6.45, 7) is 0. The number of para-hydroxylation sites is 1. The van der Waals surface area contributed by atoms with Gasteiger partial charge in [-0.1, -0.05) is 12.1 Å². The summed E-state index contributed by atoms with van der Waals surface area (Å²) in [4.78, 5) is 0. The fraction of sp³-hybridized carbons (Fsp3) is 0.118. The molecule has 1 aliphatic rings. The van der Waals surface area contributed by atoms with Crippen LogP contribution in [0.25, 0.3) is 11.6 Å². The van der Waals surface area contributed by atoms with Gasteiger partial charge < -0.3 is 14.2 Å². The predicted molar refractivity (Wildman–Crippen MR) is 79.5 cm³/mol. The number of hydrogen-bond donors (Lipinski definition) is 0. The number of ether oxygens (including phenoxy) is 3. The van der Waals surface area contributed by atoms with E-state index in [-0.39, 0.29) is 0 Å². The molecule has 0 unspecified atom stereocenters. The van der Waals surface area contributed by atoms with Crippen LogP contribution in [0.1, 0.15) is 11.1 Å². The Balaban J connectivity index is 2.24. The SMILES string of the molecule is COc1cc2c(cc1OC)Oc1ccccc1C(C#N)=C2. The molecule has 4 nitrogen and oxygen atoms in total. The van der Waals surface area contributed by atoms with E-state index in [9.17, 15) is 5.26 Å². The van der Waals surface area contributed by atoms with Crippen LogP contribution in [0, 0.1) is 11.3 Å². The van der Waals surface area contributed by atoms with Gasteiger partial charge in [-0.25, -0.2) is 0 Å². The van der Waals surface area contributed by atoms with Crippen molar-refractivity contribution in [2.45, 2.75) is 0 Å². The molecule has 0 N–H and O–H groups in total. The normalized spacial score (nSPS) is 12.0. The summed E-state index contributed by atoms with van der Waals surface area (Å²) in [7, 11) is 3.15. The number of rotatable bonds is 2. The summed E-state index contributed by atoms with van der Waals surface area (Å²) >= 11 is 0. The third-order valence-electron chi connectivity index (χ3n) is 3.33. The summed E-state index contributed by atoms with van der Waals surface area (Å²) < 4.78 is 16.5. The summed E-state index contributed by atoms with van der Waals surface area (Å²) in [5, 5.41) is 9.39. The number of fused-ring (bicyclic) bond motifs is 2. The first kappa shape index (κ1) is 13.1. The number of hydrogen-bond acceptors (Lipinski definition) is 4. The van der Waals surface area contributed by atoms with Crippen LogP contribution in [0.3, 0.4) is 0 Å². The van der Waals surface area contributed by atoms with E-state index in [1.165, 1.54) is 0 Å². The Labute approximate surface area is 122 Å². The van der Waals surface area contributed by atoms with Crippen LogP contribution in [0.15, 0.2) is 36.4 Å². The summed E-state index contributed by atoms with van der Waals surface area (Å²) in [6, 6.07) is 13.2. The van der Waals surface area contributed by atoms with Gasteiger partial charge in [-0.05, 0) is 24.3 Å². The number of methoxy groups -OCH3 is 2. The number of nitrogens with zero attached hydrogens (tertiary/aromatic N) is 1. The molecule has 0 aromatic heterocycles. The highest BCUT2D eigenvalue weighted by atomic mass is 16.5. The van der Waals surface area contributed by atoms with Gasteiger partial charge in [-0.3, -0.25) is 0 Å². The molecule has 1 aliphatic heterocycles. The van der Waals surface area contributed by atoms with Crippen LogP contribution in [-0.2, 0) is 0 Å². The first-order valence-electron chi connectivity index (χ1n) is 6.42. The lowest BCUT2D eigenvalue weighted by Crippen LogP contribution is -1.94. The molecule has 0 saturated carbocycles. The average Bonchev–Trinajstić information content (AvgIpc) is 2.69. The lowest BCUT2D eigenvalue weighted by molar-refractivity contribution is 0.352. The van der Waals surface area contributed by atoms with Crippen LogP contribution in [0.2, 0.25) is 0 Å². The van der Waals surface area contributed by atoms with Gasteiger partial charge in [0.15, 0.2) is 11.5 Å². The van der Waals surface area contributed by atoms with Crippen LogP contribution in [-0.4, -0.2) is 14.2 Å². The van der Waals surface area contributed by atoms with Gasteiger partial charge in [0.2, 0.25) is 0 Å². The Hall–Kier alpha value is -2.93. The maximum absolute atomic E-state index is 9.39. The molecule has 0 saturated heterocycles. The third kappa shape index (κ3) is 2.19. The maximum atomic E-state index is 9.39. The Bertz CT molecular complexity index is 772. The summed E-state index contributed by atoms with van der Waals surface area (Å²) in [5.74, 6) is 2.46. The molecule has 0 amide bonds. The van der Waals surface area contributed by atoms with Crippen LogP contribution >= 0.6 is 0 Å². The van der Waals surface area contributed by atoms with Crippen molar-refractivity contribution >= 4 is 11.6 Å². The standard InChI is InChI=1S/C17H13NO3/c1-19-16-8-11-7-12(10-18)13-5-3-4-6-14(13)21-15(11)9-17(16)20-2/h3-9H,1-2H3. The van der Waals surface area contributed by atoms with Gasteiger partial charge in [-0.15, -0.1) is 0 Å². The Morgan fingerprint density at radius 2 is 1.71 bits per heavy atom. The number of nitriles is 1. The molecule has 4 heteroatoms. The highest BCUT2D eigenvalue weighted by Gasteiger charge is 2.19. The number of allylic oxidation sites excluding steroid dienone is 1. The van der Waals surface area contributed by atoms with Gasteiger partial charge in [-0.2, -0.15) is 5.26 Å². The van der Waals surface area contributed by atoms with Gasteiger partial charge in [0.05, 0.1) is 25.9 Å². The van der Waals surface area contributed by atoms with Crippen LogP contribution in [0.4, 0.5) is 0 Å². The van der Waals surface area contributed by atoms with E-state index in [0.29, 0.717) is 28.6 Å². The second kappa shape index (κ2) is 5.22. The van der Waals surface area contributed by atoms with Gasteiger partial charge in [0, 0.05) is 17.2 Å². The van der Waals surface area contributed by atoms with Crippen LogP contribution < -0.4 is 14.2 Å². The molecule has 0 bridgehead atoms. The van der Waals surface area contributed by atoms with E-state index in [1.54, 1.807) is 32.4 Å². The van der Waals surface area contributed by atoms with Crippen molar-refractivity contribution in [2.24, 2.45) is 0 Å². The minimum absolute atomic E-state index is 0.552. The molecule has 0 atom stereocenters. The lowest BCUT2D eigenvalue weighted by Gasteiger charge is -2.13. The van der Waals surface area contributed by atoms with E-state index in [4.69, 9.17) is 14.2 Å². The fourth-order valence-corrected chi connectivity index (χ4v) is 2.30. The van der Waals surface area contributed by atoms with E-state index < -0.39 is 0 Å². The maximum Gasteiger partial charge on any atom is 0.164 e. The van der Waals surface area contributed by atoms with Crippen molar-refractivity contribution in [2.75, 3.05) is 14.2 Å². The predicted octanol–water partition coefficient (Wildman–Crippen LogP) is 3.87. The van der Waals surface area contributed by atoms with Gasteiger partial charge in [0.1, 0.15) is 11.5 Å². The van der Waals surface area contributed by atoms with Gasteiger partial charge in [0.25, 0.3) is 0 Å². The molecule has 0 radical (unpaired) electrons. The topological polar surface area (TPSA) is 51.5 Å². The van der Waals surface area contributed by atoms with Crippen molar-refractivity contribution in [3.8, 4) is 29.1 Å². The molecule has 0 spiro atoms. The van der Waals surface area contributed by atoms with Crippen molar-refractivity contribution in [1.29, 1.82) is 5.26 Å². The highest BCUT2D eigenvalue weighted by Crippen LogP contribution is 2.42. The minimum Gasteiger partial charge on any atom is -0.493 e. The van der Waals surface area contributed by atoms with E-state index in [2.05, 4.69) is 6.07 Å². The van der Waals surface area contributed by atoms with Crippen molar-refractivity contribution < 1.29 is 14.2 Å². The second-order valence-corrected chi connectivity index (χ2v) is 4.51. The Morgan fingerprint density at radius 1 is 1.00 bits per heavy atom. The molecule has 2 aromatic carbocycles. The molecule has 104 valence electrons. The zero-order valence-electron chi connectivity index (χ0n) is 11.7. The zero-order valence-corrected chi connectivity index (χ0v) is 11.7. The molecule has 1 heterocycles. The quantitative estimate of drug-likeness (QED) is 0.837. The Morgan fingerprint density at radius 3 is 2.43 bits per heavy atom. The molecule has 0 fully saturated rings. The molecule has 3 rings (SSSR count). The first-order chi connectivity index (χ1) is 10.3. The molecule has 2 aromatic rings. The smallest absolute Gasteiger partial charge is 0.164 e. The summed E-state index contributed by atoms with van der Waals surface area (Å²) in [5.41, 5.74) is 2.10. The van der Waals surface area contributed by atoms with Crippen molar-refractivity contribution in [3.05, 3.63) is 47.5 Å². The lowest BCUT2D eigenvalue weighted by atomic mass is 10.0. The zero-order chi connectivity index (χ0) is 14.8.